The van der Waals surface area contributed by atoms with E-state index < -0.39 is 10.0 Å². The lowest BCUT2D eigenvalue weighted by Gasteiger charge is -2.22. The topological polar surface area (TPSA) is 57.7 Å². The van der Waals surface area contributed by atoms with Gasteiger partial charge in [-0.25, -0.2) is 12.7 Å². The van der Waals surface area contributed by atoms with Gasteiger partial charge in [0.25, 0.3) is 0 Å². The maximum atomic E-state index is 12.7. The van der Waals surface area contributed by atoms with Gasteiger partial charge in [0, 0.05) is 26.2 Å². The first kappa shape index (κ1) is 19.9. The van der Waals surface area contributed by atoms with Crippen molar-refractivity contribution in [2.24, 2.45) is 0 Å². The molecule has 0 atom stereocenters. The van der Waals surface area contributed by atoms with E-state index in [0.717, 1.165) is 16.7 Å². The Morgan fingerprint density at radius 3 is 2.28 bits per heavy atom. The monoisotopic (exact) mass is 366 g/mol. The molecule has 0 bridgehead atoms. The van der Waals surface area contributed by atoms with Gasteiger partial charge in [-0.2, -0.15) is 0 Å². The Labute approximate surface area is 152 Å². The molecular formula is C19H30N2O3S. The van der Waals surface area contributed by atoms with E-state index >= 15 is 0 Å². The van der Waals surface area contributed by atoms with Gasteiger partial charge in [0.05, 0.1) is 12.2 Å². The molecule has 0 N–H and O–H groups in total. The summed E-state index contributed by atoms with van der Waals surface area (Å²) in [5.74, 6) is 0.271. The molecule has 1 fully saturated rings. The highest BCUT2D eigenvalue weighted by Crippen LogP contribution is 2.18. The quantitative estimate of drug-likeness (QED) is 0.804. The van der Waals surface area contributed by atoms with Crippen LogP contribution in [0.2, 0.25) is 0 Å². The van der Waals surface area contributed by atoms with Crippen LogP contribution in [0.1, 0.15) is 42.0 Å². The number of carbonyl (C=O) groups is 1. The molecule has 0 spiro atoms. The van der Waals surface area contributed by atoms with Crippen molar-refractivity contribution in [2.45, 2.75) is 47.0 Å². The molecule has 0 aromatic heterocycles. The number of rotatable bonds is 5. The summed E-state index contributed by atoms with van der Waals surface area (Å²) < 4.78 is 26.0. The summed E-state index contributed by atoms with van der Waals surface area (Å²) in [5.41, 5.74) is 4.59. The number of carbonyl (C=O) groups excluding carboxylic acids is 1. The van der Waals surface area contributed by atoms with Crippen LogP contribution in [0.25, 0.3) is 0 Å². The Bertz CT molecular complexity index is 705. The predicted octanol–water partition coefficient (Wildman–Crippen LogP) is 2.43. The lowest BCUT2D eigenvalue weighted by molar-refractivity contribution is -0.130. The minimum atomic E-state index is -3.19. The molecule has 1 aromatic rings. The lowest BCUT2D eigenvalue weighted by Crippen LogP contribution is -2.38. The highest BCUT2D eigenvalue weighted by molar-refractivity contribution is 7.89. The zero-order valence-corrected chi connectivity index (χ0v) is 16.7. The SMILES string of the molecule is CCCS(=O)(=O)N1CCCN(C(=O)Cc2c(C)cc(C)cc2C)CC1. The van der Waals surface area contributed by atoms with Crippen LogP contribution in [0.5, 0.6) is 0 Å². The van der Waals surface area contributed by atoms with Crippen molar-refractivity contribution in [3.8, 4) is 0 Å². The van der Waals surface area contributed by atoms with Crippen LogP contribution in [0.15, 0.2) is 12.1 Å². The molecule has 6 heteroatoms. The Balaban J connectivity index is 2.04. The zero-order valence-electron chi connectivity index (χ0n) is 15.8. The van der Waals surface area contributed by atoms with E-state index in [1.807, 2.05) is 25.7 Å². The van der Waals surface area contributed by atoms with Gasteiger partial charge < -0.3 is 4.90 Å². The van der Waals surface area contributed by atoms with Crippen molar-refractivity contribution in [3.63, 3.8) is 0 Å². The van der Waals surface area contributed by atoms with Gasteiger partial charge in [-0.1, -0.05) is 24.6 Å². The smallest absolute Gasteiger partial charge is 0.227 e. The van der Waals surface area contributed by atoms with E-state index in [4.69, 9.17) is 0 Å². The van der Waals surface area contributed by atoms with Gasteiger partial charge in [-0.05, 0) is 50.3 Å². The largest absolute Gasteiger partial charge is 0.341 e. The Morgan fingerprint density at radius 2 is 1.68 bits per heavy atom. The zero-order chi connectivity index (χ0) is 18.6. The van der Waals surface area contributed by atoms with Gasteiger partial charge in [0.1, 0.15) is 0 Å². The van der Waals surface area contributed by atoms with E-state index in [1.165, 1.54) is 5.56 Å². The normalized spacial score (nSPS) is 16.7. The number of hydrogen-bond donors (Lipinski definition) is 0. The fourth-order valence-electron chi connectivity index (χ4n) is 3.56. The lowest BCUT2D eigenvalue weighted by atomic mass is 9.97. The molecule has 1 aliphatic rings. The third kappa shape index (κ3) is 5.05. The fraction of sp³-hybridized carbons (Fsp3) is 0.632. The maximum Gasteiger partial charge on any atom is 0.227 e. The van der Waals surface area contributed by atoms with E-state index in [-0.39, 0.29) is 11.7 Å². The maximum absolute atomic E-state index is 12.7. The first-order valence-electron chi connectivity index (χ1n) is 9.07. The van der Waals surface area contributed by atoms with Crippen LogP contribution < -0.4 is 0 Å². The average Bonchev–Trinajstić information content (AvgIpc) is 2.77. The number of sulfonamides is 1. The van der Waals surface area contributed by atoms with Crippen molar-refractivity contribution in [1.82, 2.24) is 9.21 Å². The van der Waals surface area contributed by atoms with Crippen LogP contribution in [0.3, 0.4) is 0 Å². The van der Waals surface area contributed by atoms with E-state index in [0.29, 0.717) is 45.4 Å². The van der Waals surface area contributed by atoms with Gasteiger partial charge in [0.15, 0.2) is 0 Å². The summed E-state index contributed by atoms with van der Waals surface area (Å²) >= 11 is 0. The van der Waals surface area contributed by atoms with Gasteiger partial charge in [-0.15, -0.1) is 0 Å². The van der Waals surface area contributed by atoms with Crippen molar-refractivity contribution in [3.05, 3.63) is 34.4 Å². The summed E-state index contributed by atoms with van der Waals surface area (Å²) in [6.07, 6.45) is 1.70. The molecule has 2 rings (SSSR count). The van der Waals surface area contributed by atoms with Gasteiger partial charge in [-0.3, -0.25) is 4.79 Å². The van der Waals surface area contributed by atoms with Crippen molar-refractivity contribution in [2.75, 3.05) is 31.9 Å². The molecule has 1 heterocycles. The summed E-state index contributed by atoms with van der Waals surface area (Å²) in [6, 6.07) is 4.22. The third-order valence-electron chi connectivity index (χ3n) is 4.83. The summed E-state index contributed by atoms with van der Waals surface area (Å²) in [6.45, 7) is 10.0. The molecule has 1 saturated heterocycles. The molecular weight excluding hydrogens is 336 g/mol. The van der Waals surface area contributed by atoms with Crippen LogP contribution in [0, 0.1) is 20.8 Å². The average molecular weight is 367 g/mol. The number of hydrogen-bond acceptors (Lipinski definition) is 3. The molecule has 25 heavy (non-hydrogen) atoms. The fourth-order valence-corrected chi connectivity index (χ4v) is 5.10. The second-order valence-electron chi connectivity index (χ2n) is 7.00. The Hall–Kier alpha value is -1.40. The number of nitrogens with zero attached hydrogens (tertiary/aromatic N) is 2. The van der Waals surface area contributed by atoms with Gasteiger partial charge in [0.2, 0.25) is 15.9 Å². The first-order valence-corrected chi connectivity index (χ1v) is 10.7. The summed E-state index contributed by atoms with van der Waals surface area (Å²) in [7, 11) is -3.19. The van der Waals surface area contributed by atoms with Crippen molar-refractivity contribution in [1.29, 1.82) is 0 Å². The molecule has 1 aromatic carbocycles. The van der Waals surface area contributed by atoms with Gasteiger partial charge >= 0.3 is 0 Å². The Kier molecular flexibility index (Phi) is 6.63. The minimum Gasteiger partial charge on any atom is -0.341 e. The molecule has 140 valence electrons. The molecule has 0 saturated carbocycles. The number of aryl methyl sites for hydroxylation is 3. The Morgan fingerprint density at radius 1 is 1.04 bits per heavy atom. The summed E-state index contributed by atoms with van der Waals surface area (Å²) in [4.78, 5) is 14.6. The molecule has 0 aliphatic carbocycles. The number of benzene rings is 1. The minimum absolute atomic E-state index is 0.0878. The molecule has 0 radical (unpaired) electrons. The second-order valence-corrected chi connectivity index (χ2v) is 9.09. The standard InChI is InChI=1S/C19H30N2O3S/c1-5-11-25(23,24)21-8-6-7-20(9-10-21)19(22)14-18-16(3)12-15(2)13-17(18)4/h12-13H,5-11,14H2,1-4H3. The van der Waals surface area contributed by atoms with E-state index in [2.05, 4.69) is 19.1 Å². The third-order valence-corrected chi connectivity index (χ3v) is 6.91. The van der Waals surface area contributed by atoms with Crippen LogP contribution in [0.4, 0.5) is 0 Å². The predicted molar refractivity (Wildman–Crippen MR) is 101 cm³/mol. The van der Waals surface area contributed by atoms with Crippen molar-refractivity contribution >= 4 is 15.9 Å². The van der Waals surface area contributed by atoms with Crippen LogP contribution in [-0.4, -0.2) is 55.5 Å². The van der Waals surface area contributed by atoms with Crippen molar-refractivity contribution < 1.29 is 13.2 Å². The number of amides is 1. The first-order chi connectivity index (χ1) is 11.7. The highest BCUT2D eigenvalue weighted by Gasteiger charge is 2.26. The van der Waals surface area contributed by atoms with Crippen LogP contribution in [-0.2, 0) is 21.2 Å². The molecule has 1 amide bonds. The summed E-state index contributed by atoms with van der Waals surface area (Å²) in [5, 5.41) is 0. The second kappa shape index (κ2) is 8.32. The van der Waals surface area contributed by atoms with E-state index in [1.54, 1.807) is 4.31 Å². The van der Waals surface area contributed by atoms with E-state index in [9.17, 15) is 13.2 Å². The highest BCUT2D eigenvalue weighted by atomic mass is 32.2. The molecule has 5 nitrogen and oxygen atoms in total. The molecule has 0 unspecified atom stereocenters. The molecule has 1 aliphatic heterocycles. The van der Waals surface area contributed by atoms with Crippen LogP contribution >= 0.6 is 0 Å².